The van der Waals surface area contributed by atoms with Crippen LogP contribution in [0.15, 0.2) is 11.6 Å². The standard InChI is InChI=1S/C14H24N4S2/c1-10(2)15-8-12-13(17(4)11(3)9-19-5)16-14-18(12)6-7-20-14/h6-7,10-11,15H,8-9H2,1-5H3. The third-order valence-corrected chi connectivity index (χ3v) is 4.99. The fraction of sp³-hybridized carbons (Fsp3) is 0.643. The van der Waals surface area contributed by atoms with Crippen LogP contribution in [0, 0.1) is 0 Å². The Morgan fingerprint density at radius 3 is 2.85 bits per heavy atom. The molecule has 2 aromatic rings. The van der Waals surface area contributed by atoms with Gasteiger partial charge in [-0.2, -0.15) is 11.8 Å². The summed E-state index contributed by atoms with van der Waals surface area (Å²) in [4.78, 5) is 8.18. The molecule has 20 heavy (non-hydrogen) atoms. The molecule has 0 aliphatic rings. The molecule has 2 heterocycles. The van der Waals surface area contributed by atoms with Crippen LogP contribution < -0.4 is 10.2 Å². The highest BCUT2D eigenvalue weighted by Gasteiger charge is 2.19. The van der Waals surface area contributed by atoms with Crippen molar-refractivity contribution in [1.29, 1.82) is 0 Å². The van der Waals surface area contributed by atoms with Gasteiger partial charge in [-0.1, -0.05) is 13.8 Å². The molecule has 0 spiro atoms. The second-order valence-electron chi connectivity index (χ2n) is 5.39. The van der Waals surface area contributed by atoms with Gasteiger partial charge >= 0.3 is 0 Å². The molecular weight excluding hydrogens is 288 g/mol. The van der Waals surface area contributed by atoms with Crippen LogP contribution >= 0.6 is 23.1 Å². The first-order valence-electron chi connectivity index (χ1n) is 6.94. The summed E-state index contributed by atoms with van der Waals surface area (Å²) < 4.78 is 2.21. The molecule has 4 nitrogen and oxygen atoms in total. The van der Waals surface area contributed by atoms with E-state index in [9.17, 15) is 0 Å². The molecule has 2 aromatic heterocycles. The van der Waals surface area contributed by atoms with Gasteiger partial charge in [0, 0.05) is 43.0 Å². The van der Waals surface area contributed by atoms with Crippen LogP contribution in [-0.4, -0.2) is 40.5 Å². The molecule has 0 saturated carbocycles. The van der Waals surface area contributed by atoms with Gasteiger partial charge in [0.05, 0.1) is 5.69 Å². The lowest BCUT2D eigenvalue weighted by atomic mass is 10.3. The predicted octanol–water partition coefficient (Wildman–Crippen LogP) is 3.08. The van der Waals surface area contributed by atoms with Crippen molar-refractivity contribution >= 4 is 33.9 Å². The number of fused-ring (bicyclic) bond motifs is 1. The average molecular weight is 313 g/mol. The van der Waals surface area contributed by atoms with Crippen molar-refractivity contribution < 1.29 is 0 Å². The molecule has 0 bridgehead atoms. The molecule has 0 aromatic carbocycles. The highest BCUT2D eigenvalue weighted by molar-refractivity contribution is 7.98. The summed E-state index contributed by atoms with van der Waals surface area (Å²) in [5.41, 5.74) is 1.26. The van der Waals surface area contributed by atoms with Gasteiger partial charge in [-0.25, -0.2) is 4.98 Å². The highest BCUT2D eigenvalue weighted by atomic mass is 32.2. The number of imidazole rings is 1. The zero-order valence-corrected chi connectivity index (χ0v) is 14.5. The van der Waals surface area contributed by atoms with Crippen LogP contribution in [0.3, 0.4) is 0 Å². The maximum absolute atomic E-state index is 4.81. The topological polar surface area (TPSA) is 32.6 Å². The number of thiazole rings is 1. The van der Waals surface area contributed by atoms with Crippen molar-refractivity contribution in [2.75, 3.05) is 24.0 Å². The minimum Gasteiger partial charge on any atom is -0.355 e. The third kappa shape index (κ3) is 3.30. The van der Waals surface area contributed by atoms with E-state index in [0.717, 1.165) is 23.1 Å². The number of nitrogens with zero attached hydrogens (tertiary/aromatic N) is 3. The van der Waals surface area contributed by atoms with Crippen molar-refractivity contribution in [3.63, 3.8) is 0 Å². The van der Waals surface area contributed by atoms with Crippen LogP contribution in [0.5, 0.6) is 0 Å². The largest absolute Gasteiger partial charge is 0.355 e. The zero-order valence-electron chi connectivity index (χ0n) is 12.9. The molecule has 112 valence electrons. The Balaban J connectivity index is 2.30. The fourth-order valence-electron chi connectivity index (χ4n) is 2.13. The minimum absolute atomic E-state index is 0.473. The Labute approximate surface area is 129 Å². The van der Waals surface area contributed by atoms with E-state index in [4.69, 9.17) is 4.98 Å². The zero-order chi connectivity index (χ0) is 14.7. The molecule has 0 radical (unpaired) electrons. The van der Waals surface area contributed by atoms with Crippen LogP contribution in [0.1, 0.15) is 26.5 Å². The van der Waals surface area contributed by atoms with Crippen LogP contribution in [0.25, 0.3) is 4.96 Å². The molecule has 1 N–H and O–H groups in total. The van der Waals surface area contributed by atoms with Crippen molar-refractivity contribution in [3.8, 4) is 0 Å². The Kier molecular flexibility index (Phi) is 5.35. The molecule has 2 rings (SSSR count). The first kappa shape index (κ1) is 15.7. The molecule has 0 aliphatic carbocycles. The van der Waals surface area contributed by atoms with E-state index >= 15 is 0 Å². The molecule has 0 fully saturated rings. The van der Waals surface area contributed by atoms with E-state index in [1.165, 1.54) is 5.69 Å². The SMILES string of the molecule is CSCC(C)N(C)c1nc2sccn2c1CNC(C)C. The normalized spacial score (nSPS) is 13.3. The van der Waals surface area contributed by atoms with Crippen LogP contribution in [-0.2, 0) is 6.54 Å². The van der Waals surface area contributed by atoms with Gasteiger partial charge < -0.3 is 10.2 Å². The monoisotopic (exact) mass is 312 g/mol. The van der Waals surface area contributed by atoms with E-state index in [1.807, 2.05) is 11.8 Å². The van der Waals surface area contributed by atoms with E-state index in [0.29, 0.717) is 12.1 Å². The number of aromatic nitrogens is 2. The smallest absolute Gasteiger partial charge is 0.195 e. The van der Waals surface area contributed by atoms with Gasteiger partial charge in [-0.3, -0.25) is 4.40 Å². The van der Waals surface area contributed by atoms with Gasteiger partial charge in [0.15, 0.2) is 10.8 Å². The van der Waals surface area contributed by atoms with Gasteiger partial charge in [-0.05, 0) is 13.2 Å². The molecule has 0 amide bonds. The summed E-state index contributed by atoms with van der Waals surface area (Å²) in [6.45, 7) is 7.45. The van der Waals surface area contributed by atoms with Gasteiger partial charge in [0.2, 0.25) is 0 Å². The summed E-state index contributed by atoms with van der Waals surface area (Å²) >= 11 is 3.57. The molecule has 0 saturated heterocycles. The number of anilines is 1. The van der Waals surface area contributed by atoms with E-state index in [-0.39, 0.29) is 0 Å². The van der Waals surface area contributed by atoms with Crippen molar-refractivity contribution in [1.82, 2.24) is 14.7 Å². The molecular formula is C14H24N4S2. The molecule has 0 aliphatic heterocycles. The number of hydrogen-bond donors (Lipinski definition) is 1. The van der Waals surface area contributed by atoms with Crippen molar-refractivity contribution in [3.05, 3.63) is 17.3 Å². The minimum atomic E-state index is 0.473. The first-order chi connectivity index (χ1) is 9.54. The third-order valence-electron chi connectivity index (χ3n) is 3.42. The maximum atomic E-state index is 4.81. The number of thioether (sulfide) groups is 1. The highest BCUT2D eigenvalue weighted by Crippen LogP contribution is 2.25. The van der Waals surface area contributed by atoms with Crippen molar-refractivity contribution in [2.45, 2.75) is 39.4 Å². The number of hydrogen-bond acceptors (Lipinski definition) is 5. The Hall–Kier alpha value is -0.720. The second-order valence-corrected chi connectivity index (χ2v) is 7.17. The van der Waals surface area contributed by atoms with E-state index < -0.39 is 0 Å². The Morgan fingerprint density at radius 2 is 2.20 bits per heavy atom. The van der Waals surface area contributed by atoms with Gasteiger partial charge in [-0.15, -0.1) is 11.3 Å². The summed E-state index contributed by atoms with van der Waals surface area (Å²) in [5.74, 6) is 2.21. The number of rotatable bonds is 7. The quantitative estimate of drug-likeness (QED) is 0.851. The van der Waals surface area contributed by atoms with Gasteiger partial charge in [0.25, 0.3) is 0 Å². The molecule has 1 atom stereocenters. The lowest BCUT2D eigenvalue weighted by molar-refractivity contribution is 0.578. The lowest BCUT2D eigenvalue weighted by Crippen LogP contribution is -2.33. The fourth-order valence-corrected chi connectivity index (χ4v) is 3.56. The van der Waals surface area contributed by atoms with Crippen LogP contribution in [0.4, 0.5) is 5.82 Å². The predicted molar refractivity (Wildman–Crippen MR) is 91.3 cm³/mol. The summed E-state index contributed by atoms with van der Waals surface area (Å²) in [6.07, 6.45) is 4.26. The molecule has 1 unspecified atom stereocenters. The summed E-state index contributed by atoms with van der Waals surface area (Å²) in [5, 5.41) is 5.60. The second kappa shape index (κ2) is 6.83. The Bertz CT molecular complexity index is 546. The lowest BCUT2D eigenvalue weighted by Gasteiger charge is -2.25. The molecule has 6 heteroatoms. The van der Waals surface area contributed by atoms with E-state index in [2.05, 4.69) is 60.3 Å². The van der Waals surface area contributed by atoms with Crippen LogP contribution in [0.2, 0.25) is 0 Å². The first-order valence-corrected chi connectivity index (χ1v) is 9.21. The average Bonchev–Trinajstić information content (AvgIpc) is 2.96. The number of nitrogens with one attached hydrogen (secondary N) is 1. The van der Waals surface area contributed by atoms with E-state index in [1.54, 1.807) is 11.3 Å². The summed E-state index contributed by atoms with van der Waals surface area (Å²) in [6, 6.07) is 0.952. The summed E-state index contributed by atoms with van der Waals surface area (Å²) in [7, 11) is 2.15. The Morgan fingerprint density at radius 1 is 1.45 bits per heavy atom. The maximum Gasteiger partial charge on any atom is 0.195 e. The van der Waals surface area contributed by atoms with Crippen molar-refractivity contribution in [2.24, 2.45) is 0 Å². The van der Waals surface area contributed by atoms with Gasteiger partial charge in [0.1, 0.15) is 0 Å².